The Balaban J connectivity index is 0.000000157. The maximum atomic E-state index is 3.25. The molecule has 0 N–H and O–H groups in total. The van der Waals surface area contributed by atoms with Gasteiger partial charge in [-0.15, -0.1) is 0 Å². The van der Waals surface area contributed by atoms with E-state index in [-0.39, 0.29) is 92.0 Å². The molecule has 0 radical (unpaired) electrons. The Bertz CT molecular complexity index is 1690. The van der Waals surface area contributed by atoms with Gasteiger partial charge in [-0.2, -0.15) is 0 Å². The van der Waals surface area contributed by atoms with Gasteiger partial charge in [-0.25, -0.2) is 0 Å². The van der Waals surface area contributed by atoms with Crippen LogP contribution in [-0.4, -0.2) is 317 Å². The molecule has 0 spiro atoms. The molecule has 3 aliphatic heterocycles. The van der Waals surface area contributed by atoms with Crippen molar-refractivity contribution < 1.29 is 0 Å². The molecule has 3 heterocycles. The van der Waals surface area contributed by atoms with Crippen molar-refractivity contribution in [3.8, 4) is 0 Å². The van der Waals surface area contributed by atoms with Gasteiger partial charge in [0.05, 0.1) is 166 Å². The molecule has 6 unspecified atom stereocenters. The van der Waals surface area contributed by atoms with E-state index in [4.69, 9.17) is 0 Å². The van der Waals surface area contributed by atoms with E-state index in [0.717, 1.165) is 89.9 Å². The normalized spacial score (nSPS) is 37.1. The Labute approximate surface area is 618 Å². The third-order valence-electron chi connectivity index (χ3n) is 27.0. The number of nitrogens with zero attached hydrogens (tertiary/aromatic N) is 9. The van der Waals surface area contributed by atoms with Crippen LogP contribution in [0.1, 0.15) is 273 Å². The highest BCUT2D eigenvalue weighted by atomic mass is 29.2. The van der Waals surface area contributed by atoms with Crippen molar-refractivity contribution in [3.63, 3.8) is 0 Å². The first-order valence-electron chi connectivity index (χ1n) is 41.6. The smallest absolute Gasteiger partial charge is 0.0885 e. The van der Waals surface area contributed by atoms with E-state index in [1.165, 1.54) is 161 Å². The van der Waals surface area contributed by atoms with Gasteiger partial charge in [0, 0.05) is 76.7 Å². The van der Waals surface area contributed by atoms with E-state index >= 15 is 0 Å². The van der Waals surface area contributed by atoms with Crippen LogP contribution >= 0.6 is 0 Å². The average Bonchev–Trinajstić information content (AvgIpc) is 2.89. The van der Waals surface area contributed by atoms with Crippen LogP contribution in [0.4, 0.5) is 0 Å². The number of hydrogen-bond donors (Lipinski definition) is 0. The lowest BCUT2D eigenvalue weighted by atomic mass is 9.79. The van der Waals surface area contributed by atoms with Crippen molar-refractivity contribution >= 4 is 224 Å². The van der Waals surface area contributed by atoms with Crippen LogP contribution < -0.4 is 0 Å². The van der Waals surface area contributed by atoms with Crippen LogP contribution in [0.5, 0.6) is 0 Å². The Morgan fingerprint density at radius 3 is 0.678 bits per heavy atom. The summed E-state index contributed by atoms with van der Waals surface area (Å²) in [5, 5.41) is 0. The molecule has 6 atom stereocenters. The molecule has 0 bridgehead atoms. The van der Waals surface area contributed by atoms with Gasteiger partial charge in [0.2, 0.25) is 0 Å². The molecule has 0 aromatic heterocycles. The number of hydrogen-bond acceptors (Lipinski definition) is 9. The molecule has 0 aromatic carbocycles. The fourth-order valence-electron chi connectivity index (χ4n) is 21.7. The van der Waals surface area contributed by atoms with Gasteiger partial charge in [-0.05, 0) is 187 Å². The van der Waals surface area contributed by atoms with Crippen LogP contribution in [0, 0.1) is 35.5 Å². The Kier molecular flexibility index (Phi) is 43.1. The quantitative estimate of drug-likeness (QED) is 0.149. The SMILES string of the molecule is C1CCC(N2[SiH2][SiH2]N(C3CCCC3)[SiH2][SiH2]2)C1.C1CCC(N2[SiH2][SiH2]N(C3CCCCC3)[SiH2][SiH2]2)CC1.CC1CCCC(C)C1N([SiH2][SiH3])[SiH2][SiH3].CC1CCCC(C)C1N1[SiH2][SiH2]N(C2C(C)CCCC2C)[SiH2][SiH2]1.[SiH3][SiH2]N([SiH2][SiH3])C1CCCC1.[SiH3][SiH2]N([SiH2][SiH3])C1CCCCC1. The second kappa shape index (κ2) is 47.3. The van der Waals surface area contributed by atoms with Crippen molar-refractivity contribution in [3.05, 3.63) is 0 Å². The van der Waals surface area contributed by atoms with Gasteiger partial charge < -0.3 is 38.1 Å². The zero-order valence-corrected chi connectivity index (χ0v) is 100. The average molecular weight is 1650 g/mol. The minimum Gasteiger partial charge on any atom is -0.358 e. The number of rotatable bonds is 15. The van der Waals surface area contributed by atoms with E-state index in [1.807, 2.05) is 0 Å². The fraction of sp³-hybridized carbons (Fsp3) is 1.00. The minimum atomic E-state index is 0.171. The molecule has 0 aromatic rings. The monoisotopic (exact) mass is 1640 g/mol. The molecular formula is C57H159N9Si24. The molecule has 3 saturated heterocycles. The van der Waals surface area contributed by atoms with Gasteiger partial charge >= 0.3 is 0 Å². The van der Waals surface area contributed by atoms with Crippen molar-refractivity contribution in [2.24, 2.45) is 35.5 Å². The molecule has 528 valence electrons. The molecule has 12 fully saturated rings. The zero-order valence-electron chi connectivity index (χ0n) is 62.9. The van der Waals surface area contributed by atoms with E-state index in [1.54, 1.807) is 128 Å². The van der Waals surface area contributed by atoms with Crippen LogP contribution in [0.2, 0.25) is 0 Å². The summed E-state index contributed by atoms with van der Waals surface area (Å²) in [7, 11) is 14.2. The lowest BCUT2D eigenvalue weighted by molar-refractivity contribution is 0.176. The highest BCUT2D eigenvalue weighted by Crippen LogP contribution is 2.36. The van der Waals surface area contributed by atoms with Gasteiger partial charge in [-0.3, -0.25) is 0 Å². The molecule has 90 heavy (non-hydrogen) atoms. The molecule has 9 nitrogen and oxygen atoms in total. The highest BCUT2D eigenvalue weighted by Gasteiger charge is 2.39. The summed E-state index contributed by atoms with van der Waals surface area (Å²) in [4.78, 5) is 0. The Morgan fingerprint density at radius 1 is 0.233 bits per heavy atom. The first kappa shape index (κ1) is 82.1. The summed E-state index contributed by atoms with van der Waals surface area (Å²) < 4.78 is 28.3. The molecule has 0 amide bonds. The predicted octanol–water partition coefficient (Wildman–Crippen LogP) is -9.34. The van der Waals surface area contributed by atoms with Gasteiger partial charge in [0.25, 0.3) is 0 Å². The maximum Gasteiger partial charge on any atom is 0.0885 e. The van der Waals surface area contributed by atoms with Gasteiger partial charge in [-0.1, -0.05) is 157 Å². The van der Waals surface area contributed by atoms with E-state index in [9.17, 15) is 0 Å². The molecule has 9 saturated carbocycles. The van der Waals surface area contributed by atoms with Crippen LogP contribution in [0.3, 0.4) is 0 Å². The molecule has 12 rings (SSSR count). The fourth-order valence-corrected chi connectivity index (χ4v) is 193. The summed E-state index contributed by atoms with van der Waals surface area (Å²) in [5.74, 6) is 6.12. The second-order valence-electron chi connectivity index (χ2n) is 32.7. The summed E-state index contributed by atoms with van der Waals surface area (Å²) in [6.07, 6.45) is 55.8. The topological polar surface area (TPSA) is 29.2 Å². The van der Waals surface area contributed by atoms with Crippen molar-refractivity contribution in [2.45, 2.75) is 327 Å². The summed E-state index contributed by atoms with van der Waals surface area (Å²) >= 11 is 0. The van der Waals surface area contributed by atoms with E-state index < -0.39 is 0 Å². The van der Waals surface area contributed by atoms with E-state index in [0.29, 0.717) is 73.6 Å². The maximum absolute atomic E-state index is 3.25. The highest BCUT2D eigenvalue weighted by molar-refractivity contribution is 7.17. The van der Waals surface area contributed by atoms with Crippen LogP contribution in [0.15, 0.2) is 0 Å². The summed E-state index contributed by atoms with van der Waals surface area (Å²) in [6, 6.07) is 9.92. The van der Waals surface area contributed by atoms with Crippen LogP contribution in [0.25, 0.3) is 0 Å². The van der Waals surface area contributed by atoms with Crippen molar-refractivity contribution in [2.75, 3.05) is 0 Å². The van der Waals surface area contributed by atoms with Crippen molar-refractivity contribution in [1.29, 1.82) is 0 Å². The standard InChI is InChI=1S/C16H38N2Si4.C12H30N2Si4.C10H26N2Si4.C8H25NSi4.C6H21NSi4.C5H19NSi4/c1-11-7-5-8-12(2)15(11)17-19-21-18(22-20-17)16-13(3)9-6-10-14(16)4;1-3-7-11(8-4-1)13-15-17-14(18-16-13)12-9-5-2-6-10-12;1-2-6-9(5-1)11-13-15-12(16-14-11)10-7-3-4-8-10;1-6-4-3-5-7(2)8(6)9(12-10)13-11;8-10-7(11-9)6-4-2-1-3-5-6;7-9-6(10-8)5-3-1-2-4-5/h11-16H,5-10,19-22H2,1-4H3;11-12H,1-10,15-18H2;9-10H,1-8,13-16H2;6-8H,3-5,12-13H2,1-2,10-11H3;6H,1-5,10-11H2,8-9H3;5H,1-4,9-10H2,7-8H3. The van der Waals surface area contributed by atoms with Gasteiger partial charge in [0.1, 0.15) is 0 Å². The molecule has 12 aliphatic rings. The zero-order chi connectivity index (χ0) is 64.0. The third-order valence-corrected chi connectivity index (χ3v) is 146. The van der Waals surface area contributed by atoms with Crippen molar-refractivity contribution in [1.82, 2.24) is 38.1 Å². The first-order chi connectivity index (χ1) is 43.9. The Morgan fingerprint density at radius 2 is 0.433 bits per heavy atom. The second-order valence-corrected chi connectivity index (χ2v) is 92.0. The third kappa shape index (κ3) is 27.1. The molecular weight excluding hydrogens is 1480 g/mol. The largest absolute Gasteiger partial charge is 0.358 e. The summed E-state index contributed by atoms with van der Waals surface area (Å²) in [5.41, 5.74) is 0. The predicted molar refractivity (Wildman–Crippen MR) is 485 cm³/mol. The first-order valence-corrected chi connectivity index (χ1v) is 111. The Hall–Kier alpha value is 4.85. The molecule has 33 heteroatoms. The van der Waals surface area contributed by atoms with Gasteiger partial charge in [0.15, 0.2) is 0 Å². The molecule has 9 aliphatic carbocycles. The van der Waals surface area contributed by atoms with E-state index in [2.05, 4.69) is 79.6 Å². The van der Waals surface area contributed by atoms with Crippen LogP contribution in [-0.2, 0) is 0 Å². The lowest BCUT2D eigenvalue weighted by Crippen LogP contribution is -2.65. The summed E-state index contributed by atoms with van der Waals surface area (Å²) in [6.45, 7) is 15.3. The minimum absolute atomic E-state index is 0.171. The lowest BCUT2D eigenvalue weighted by Gasteiger charge is -2.50.